The zero-order chi connectivity index (χ0) is 16.3. The van der Waals surface area contributed by atoms with Gasteiger partial charge in [0.25, 0.3) is 0 Å². The van der Waals surface area contributed by atoms with Gasteiger partial charge >= 0.3 is 0 Å². The molecule has 2 heteroatoms. The van der Waals surface area contributed by atoms with Gasteiger partial charge in [-0.2, -0.15) is 0 Å². The third-order valence-electron chi connectivity index (χ3n) is 4.49. The first-order chi connectivity index (χ1) is 10.8. The van der Waals surface area contributed by atoms with E-state index in [-0.39, 0.29) is 6.23 Å². The van der Waals surface area contributed by atoms with Gasteiger partial charge in [0, 0.05) is 0 Å². The highest BCUT2D eigenvalue weighted by Gasteiger charge is 2.01. The Balaban J connectivity index is 3.05. The topological polar surface area (TPSA) is 32.3 Å². The van der Waals surface area contributed by atoms with Crippen LogP contribution in [0.2, 0.25) is 0 Å². The van der Waals surface area contributed by atoms with Crippen molar-refractivity contribution < 1.29 is 5.11 Å². The minimum absolute atomic E-state index is 0.278. The van der Waals surface area contributed by atoms with Gasteiger partial charge in [-0.1, -0.05) is 97.3 Å². The number of nitrogens with one attached hydrogen (secondary N) is 1. The van der Waals surface area contributed by atoms with E-state index >= 15 is 0 Å². The number of aliphatic hydroxyl groups excluding tert-OH is 1. The highest BCUT2D eigenvalue weighted by molar-refractivity contribution is 4.55. The zero-order valence-electron chi connectivity index (χ0n) is 15.5. The first kappa shape index (κ1) is 21.9. The van der Waals surface area contributed by atoms with Crippen LogP contribution in [0.5, 0.6) is 0 Å². The van der Waals surface area contributed by atoms with Gasteiger partial charge in [-0.25, -0.2) is 0 Å². The molecule has 0 rings (SSSR count). The lowest BCUT2D eigenvalue weighted by molar-refractivity contribution is 0.124. The molecule has 0 aromatic heterocycles. The summed E-state index contributed by atoms with van der Waals surface area (Å²) in [5.74, 6) is 0. The molecule has 0 fully saturated rings. The SMILES string of the molecule is CCCCCCCCCCCCCCCC(O)NCCCC. The number of rotatable bonds is 18. The molecule has 0 saturated heterocycles. The largest absolute Gasteiger partial charge is 0.379 e. The number of unbranched alkanes of at least 4 members (excludes halogenated alkanes) is 13. The predicted molar refractivity (Wildman–Crippen MR) is 99.2 cm³/mol. The average molecular weight is 314 g/mol. The van der Waals surface area contributed by atoms with Crippen LogP contribution in [0.15, 0.2) is 0 Å². The lowest BCUT2D eigenvalue weighted by Crippen LogP contribution is -2.29. The van der Waals surface area contributed by atoms with E-state index in [9.17, 15) is 5.11 Å². The Hall–Kier alpha value is -0.0800. The minimum Gasteiger partial charge on any atom is -0.379 e. The van der Waals surface area contributed by atoms with Crippen molar-refractivity contribution in [2.45, 2.75) is 123 Å². The second-order valence-electron chi connectivity index (χ2n) is 6.85. The number of hydrogen-bond acceptors (Lipinski definition) is 2. The van der Waals surface area contributed by atoms with Crippen molar-refractivity contribution >= 4 is 0 Å². The fourth-order valence-electron chi connectivity index (χ4n) is 2.90. The normalized spacial score (nSPS) is 12.7. The summed E-state index contributed by atoms with van der Waals surface area (Å²) >= 11 is 0. The molecule has 0 aromatic carbocycles. The van der Waals surface area contributed by atoms with E-state index in [1.165, 1.54) is 83.5 Å². The first-order valence-electron chi connectivity index (χ1n) is 10.2. The van der Waals surface area contributed by atoms with Gasteiger partial charge in [-0.3, -0.25) is 5.32 Å². The molecule has 0 amide bonds. The molecule has 0 aliphatic heterocycles. The summed E-state index contributed by atoms with van der Waals surface area (Å²) in [4.78, 5) is 0. The monoisotopic (exact) mass is 313 g/mol. The van der Waals surface area contributed by atoms with E-state index in [1.807, 2.05) is 0 Å². The summed E-state index contributed by atoms with van der Waals surface area (Å²) in [7, 11) is 0. The van der Waals surface area contributed by atoms with E-state index in [0.29, 0.717) is 0 Å². The highest BCUT2D eigenvalue weighted by Crippen LogP contribution is 2.13. The molecule has 0 aromatic rings. The third kappa shape index (κ3) is 18.0. The van der Waals surface area contributed by atoms with Crippen LogP contribution in [0.4, 0.5) is 0 Å². The van der Waals surface area contributed by atoms with Gasteiger partial charge in [0.15, 0.2) is 0 Å². The molecule has 1 atom stereocenters. The van der Waals surface area contributed by atoms with Crippen LogP contribution in [0.1, 0.15) is 117 Å². The third-order valence-corrected chi connectivity index (χ3v) is 4.49. The lowest BCUT2D eigenvalue weighted by Gasteiger charge is -2.12. The van der Waals surface area contributed by atoms with Crippen LogP contribution in [-0.2, 0) is 0 Å². The Bertz CT molecular complexity index is 196. The molecular formula is C20H43NO. The molecule has 0 spiro atoms. The van der Waals surface area contributed by atoms with Crippen LogP contribution in [0.25, 0.3) is 0 Å². The Morgan fingerprint density at radius 1 is 0.591 bits per heavy atom. The van der Waals surface area contributed by atoms with Crippen molar-refractivity contribution in [3.63, 3.8) is 0 Å². The predicted octanol–water partition coefficient (Wildman–Crippen LogP) is 6.18. The van der Waals surface area contributed by atoms with E-state index in [0.717, 1.165) is 25.8 Å². The molecule has 22 heavy (non-hydrogen) atoms. The van der Waals surface area contributed by atoms with E-state index in [2.05, 4.69) is 19.2 Å². The first-order valence-corrected chi connectivity index (χ1v) is 10.2. The summed E-state index contributed by atoms with van der Waals surface area (Å²) < 4.78 is 0. The van der Waals surface area contributed by atoms with E-state index < -0.39 is 0 Å². The molecule has 134 valence electrons. The van der Waals surface area contributed by atoms with Crippen LogP contribution in [0.3, 0.4) is 0 Å². The van der Waals surface area contributed by atoms with Crippen molar-refractivity contribution in [3.05, 3.63) is 0 Å². The Labute approximate surface area is 140 Å². The fourth-order valence-corrected chi connectivity index (χ4v) is 2.90. The molecule has 0 radical (unpaired) electrons. The summed E-state index contributed by atoms with van der Waals surface area (Å²) in [5.41, 5.74) is 0. The quantitative estimate of drug-likeness (QED) is 0.234. The van der Waals surface area contributed by atoms with Gasteiger partial charge < -0.3 is 5.11 Å². The maximum absolute atomic E-state index is 9.74. The molecule has 0 heterocycles. The Morgan fingerprint density at radius 3 is 1.45 bits per heavy atom. The second kappa shape index (κ2) is 19.0. The molecular weight excluding hydrogens is 270 g/mol. The zero-order valence-corrected chi connectivity index (χ0v) is 15.5. The summed E-state index contributed by atoms with van der Waals surface area (Å²) in [5, 5.41) is 12.9. The highest BCUT2D eigenvalue weighted by atomic mass is 16.3. The molecule has 0 aliphatic carbocycles. The van der Waals surface area contributed by atoms with Gasteiger partial charge in [0.1, 0.15) is 6.23 Å². The molecule has 0 bridgehead atoms. The molecule has 0 aliphatic rings. The van der Waals surface area contributed by atoms with E-state index in [4.69, 9.17) is 0 Å². The standard InChI is InChI=1S/C20H43NO/c1-3-5-7-8-9-10-11-12-13-14-15-16-17-18-20(22)21-19-6-4-2/h20-22H,3-19H2,1-2H3. The van der Waals surface area contributed by atoms with Gasteiger partial charge in [0.2, 0.25) is 0 Å². The van der Waals surface area contributed by atoms with Crippen molar-refractivity contribution in [2.24, 2.45) is 0 Å². The summed E-state index contributed by atoms with van der Waals surface area (Å²) in [6.07, 6.45) is 21.0. The second-order valence-corrected chi connectivity index (χ2v) is 6.85. The Kier molecular flexibility index (Phi) is 18.9. The van der Waals surface area contributed by atoms with Crippen molar-refractivity contribution in [1.82, 2.24) is 5.32 Å². The van der Waals surface area contributed by atoms with Crippen molar-refractivity contribution in [3.8, 4) is 0 Å². The van der Waals surface area contributed by atoms with Crippen LogP contribution in [0, 0.1) is 0 Å². The van der Waals surface area contributed by atoms with Gasteiger partial charge in [-0.15, -0.1) is 0 Å². The maximum atomic E-state index is 9.74. The Morgan fingerprint density at radius 2 is 1.00 bits per heavy atom. The summed E-state index contributed by atoms with van der Waals surface area (Å²) in [6, 6.07) is 0. The lowest BCUT2D eigenvalue weighted by atomic mass is 10.0. The number of hydrogen-bond donors (Lipinski definition) is 2. The van der Waals surface area contributed by atoms with Crippen LogP contribution in [-0.4, -0.2) is 17.9 Å². The molecule has 2 nitrogen and oxygen atoms in total. The molecule has 0 saturated carbocycles. The van der Waals surface area contributed by atoms with Gasteiger partial charge in [0.05, 0.1) is 0 Å². The maximum Gasteiger partial charge on any atom is 0.104 e. The smallest absolute Gasteiger partial charge is 0.104 e. The number of aliphatic hydroxyl groups is 1. The van der Waals surface area contributed by atoms with Gasteiger partial charge in [-0.05, 0) is 25.8 Å². The van der Waals surface area contributed by atoms with Crippen molar-refractivity contribution in [1.29, 1.82) is 0 Å². The van der Waals surface area contributed by atoms with Crippen LogP contribution >= 0.6 is 0 Å². The average Bonchev–Trinajstić information content (AvgIpc) is 2.52. The van der Waals surface area contributed by atoms with E-state index in [1.54, 1.807) is 0 Å². The summed E-state index contributed by atoms with van der Waals surface area (Å²) in [6.45, 7) is 5.42. The molecule has 1 unspecified atom stereocenters. The minimum atomic E-state index is -0.278. The fraction of sp³-hybridized carbons (Fsp3) is 1.00. The molecule has 2 N–H and O–H groups in total. The van der Waals surface area contributed by atoms with Crippen LogP contribution < -0.4 is 5.32 Å². The van der Waals surface area contributed by atoms with Crippen molar-refractivity contribution in [2.75, 3.05) is 6.54 Å².